The molecule has 1 aromatic heterocycles. The van der Waals surface area contributed by atoms with Crippen LogP contribution in [0.2, 0.25) is 0 Å². The number of likely N-dealkylation sites (tertiary alicyclic amines) is 1. The molecule has 5 heterocycles. The lowest BCUT2D eigenvalue weighted by atomic mass is 9.99. The van der Waals surface area contributed by atoms with Crippen LogP contribution in [-0.4, -0.2) is 71.0 Å². The lowest BCUT2D eigenvalue weighted by Crippen LogP contribution is -2.47. The second-order valence-electron chi connectivity index (χ2n) is 11.7. The van der Waals surface area contributed by atoms with Crippen molar-refractivity contribution in [2.24, 2.45) is 11.8 Å². The van der Waals surface area contributed by atoms with Crippen LogP contribution in [0, 0.1) is 17.7 Å². The number of carbonyl (C=O) groups is 1. The van der Waals surface area contributed by atoms with Gasteiger partial charge < -0.3 is 14.6 Å². The third kappa shape index (κ3) is 6.92. The number of fused-ring (bicyclic) bond motifs is 3. The Labute approximate surface area is 242 Å². The van der Waals surface area contributed by atoms with Crippen LogP contribution in [0.25, 0.3) is 0 Å². The van der Waals surface area contributed by atoms with E-state index in [4.69, 9.17) is 9.26 Å². The topological polar surface area (TPSA) is 70.8 Å². The maximum Gasteiger partial charge on any atom is 0.273 e. The molecule has 5 aliphatic rings. The first-order valence-corrected chi connectivity index (χ1v) is 16.4. The van der Waals surface area contributed by atoms with Gasteiger partial charge in [0, 0.05) is 43.8 Å². The molecule has 7 rings (SSSR count). The van der Waals surface area contributed by atoms with Gasteiger partial charge in [-0.25, -0.2) is 8.70 Å². The average molecular weight is 573 g/mol. The van der Waals surface area contributed by atoms with E-state index < -0.39 is 0 Å². The van der Waals surface area contributed by atoms with Gasteiger partial charge in [-0.15, -0.1) is 0 Å². The largest absolute Gasteiger partial charge is 0.380 e. The van der Waals surface area contributed by atoms with Crippen molar-refractivity contribution in [1.82, 2.24) is 19.7 Å². The number of rotatable bonds is 6. The Balaban J connectivity index is 0.000000159. The molecule has 5 atom stereocenters. The van der Waals surface area contributed by atoms with Crippen LogP contribution < -0.4 is 5.32 Å². The summed E-state index contributed by atoms with van der Waals surface area (Å²) in [6, 6.07) is 10.1. The van der Waals surface area contributed by atoms with Gasteiger partial charge in [0.1, 0.15) is 11.6 Å². The van der Waals surface area contributed by atoms with Crippen LogP contribution in [-0.2, 0) is 11.3 Å². The van der Waals surface area contributed by atoms with Crippen LogP contribution in [0.3, 0.4) is 0 Å². The Bertz CT molecular complexity index is 1070. The van der Waals surface area contributed by atoms with Gasteiger partial charge in [0.25, 0.3) is 5.91 Å². The molecular formula is C31H45FN4O3S. The molecule has 40 heavy (non-hydrogen) atoms. The average Bonchev–Trinajstić information content (AvgIpc) is 3.70. The normalized spacial score (nSPS) is 29.6. The fourth-order valence-corrected chi connectivity index (χ4v) is 8.09. The summed E-state index contributed by atoms with van der Waals surface area (Å²) in [6.07, 6.45) is 11.0. The minimum atomic E-state index is -0.137. The zero-order valence-corrected chi connectivity index (χ0v) is 25.0. The fourth-order valence-electron chi connectivity index (χ4n) is 7.11. The van der Waals surface area contributed by atoms with E-state index in [-0.39, 0.29) is 23.7 Å². The van der Waals surface area contributed by atoms with Crippen LogP contribution >= 0.6 is 11.9 Å². The van der Waals surface area contributed by atoms with E-state index in [2.05, 4.69) is 25.9 Å². The first kappa shape index (κ1) is 29.5. The first-order valence-electron chi connectivity index (χ1n) is 15.2. The van der Waals surface area contributed by atoms with Gasteiger partial charge in [-0.2, -0.15) is 0 Å². The van der Waals surface area contributed by atoms with Crippen molar-refractivity contribution in [3.63, 3.8) is 0 Å². The van der Waals surface area contributed by atoms with Gasteiger partial charge >= 0.3 is 0 Å². The molecule has 2 bridgehead atoms. The number of hydrogen-bond acceptors (Lipinski definition) is 7. The molecule has 1 aliphatic carbocycles. The van der Waals surface area contributed by atoms with Crippen molar-refractivity contribution >= 4 is 17.9 Å². The van der Waals surface area contributed by atoms with E-state index in [1.165, 1.54) is 50.8 Å². The number of nitrogens with one attached hydrogen (secondary N) is 1. The SMILES string of the molecule is CC.CSN1[C@@H]2CC[C@H]1CC(NC(=O)c1cc(C3COC3)on1)C2.Fc1ccc(CN2CC3CCCC3C2)cc1. The van der Waals surface area contributed by atoms with Crippen LogP contribution in [0.1, 0.15) is 86.5 Å². The molecule has 5 fully saturated rings. The second kappa shape index (κ2) is 13.8. The first-order chi connectivity index (χ1) is 19.6. The summed E-state index contributed by atoms with van der Waals surface area (Å²) >= 11 is 1.84. The number of halogens is 1. The summed E-state index contributed by atoms with van der Waals surface area (Å²) in [5, 5.41) is 7.05. The predicted molar refractivity (Wildman–Crippen MR) is 157 cm³/mol. The molecule has 1 aromatic carbocycles. The molecule has 0 radical (unpaired) electrons. The molecular weight excluding hydrogens is 527 g/mol. The molecule has 1 N–H and O–H groups in total. The lowest BCUT2D eigenvalue weighted by Gasteiger charge is -2.37. The summed E-state index contributed by atoms with van der Waals surface area (Å²) in [5.74, 6) is 2.66. The predicted octanol–water partition coefficient (Wildman–Crippen LogP) is 5.88. The Morgan fingerprint density at radius 2 is 1.70 bits per heavy atom. The Kier molecular flexibility index (Phi) is 10.2. The van der Waals surface area contributed by atoms with Crippen LogP contribution in [0.4, 0.5) is 4.39 Å². The van der Waals surface area contributed by atoms with Gasteiger partial charge in [0.05, 0.1) is 19.1 Å². The highest BCUT2D eigenvalue weighted by Gasteiger charge is 2.41. The molecule has 0 spiro atoms. The summed E-state index contributed by atoms with van der Waals surface area (Å²) in [4.78, 5) is 14.9. The molecule has 4 aliphatic heterocycles. The Morgan fingerprint density at radius 1 is 1.05 bits per heavy atom. The third-order valence-electron chi connectivity index (χ3n) is 9.13. The second-order valence-corrected chi connectivity index (χ2v) is 12.5. The van der Waals surface area contributed by atoms with Crippen molar-refractivity contribution in [3.8, 4) is 0 Å². The molecule has 3 unspecified atom stereocenters. The number of benzene rings is 1. The molecule has 220 valence electrons. The number of nitrogens with zero attached hydrogens (tertiary/aromatic N) is 3. The smallest absolute Gasteiger partial charge is 0.273 e. The molecule has 7 nitrogen and oxygen atoms in total. The maximum atomic E-state index is 12.8. The Morgan fingerprint density at radius 3 is 2.27 bits per heavy atom. The number of amides is 1. The standard InChI is InChI=1S/C15H21N3O3S.C14H18FN.C2H6/c1-22-18-11-2-3-12(18)5-10(4-11)16-15(19)13-6-14(21-17-13)9-7-20-8-9;15-14-6-4-11(5-7-14)8-16-9-12-2-1-3-13(12)10-16;1-2/h6,9-12H,2-5,7-8H2,1H3,(H,16,19);4-7,12-13H,1-3,8-10H2;1-2H3/t10?,11-,12+;;. The maximum absolute atomic E-state index is 12.8. The van der Waals surface area contributed by atoms with Crippen LogP contribution in [0.5, 0.6) is 0 Å². The molecule has 1 saturated carbocycles. The van der Waals surface area contributed by atoms with E-state index in [1.807, 2.05) is 37.9 Å². The summed E-state index contributed by atoms with van der Waals surface area (Å²) < 4.78 is 25.7. The van der Waals surface area contributed by atoms with Gasteiger partial charge in [-0.1, -0.05) is 49.5 Å². The number of piperidine rings is 1. The van der Waals surface area contributed by atoms with E-state index in [1.54, 1.807) is 18.2 Å². The highest BCUT2D eigenvalue weighted by Crippen LogP contribution is 2.40. The number of ether oxygens (including phenoxy) is 1. The molecule has 9 heteroatoms. The van der Waals surface area contributed by atoms with Crippen LogP contribution in [0.15, 0.2) is 34.9 Å². The minimum Gasteiger partial charge on any atom is -0.380 e. The summed E-state index contributed by atoms with van der Waals surface area (Å²) in [7, 11) is 0. The van der Waals surface area contributed by atoms with Gasteiger partial charge in [-0.3, -0.25) is 9.69 Å². The third-order valence-corrected chi connectivity index (χ3v) is 10.2. The number of carbonyl (C=O) groups excluding carboxylic acids is 1. The van der Waals surface area contributed by atoms with Crippen molar-refractivity contribution in [2.75, 3.05) is 32.6 Å². The zero-order chi connectivity index (χ0) is 28.1. The van der Waals surface area contributed by atoms with E-state index in [0.717, 1.165) is 37.0 Å². The quantitative estimate of drug-likeness (QED) is 0.434. The van der Waals surface area contributed by atoms with E-state index in [0.29, 0.717) is 31.0 Å². The highest BCUT2D eigenvalue weighted by atomic mass is 32.2. The van der Waals surface area contributed by atoms with Gasteiger partial charge in [0.15, 0.2) is 5.69 Å². The van der Waals surface area contributed by atoms with Crippen molar-refractivity contribution in [2.45, 2.75) is 89.4 Å². The summed E-state index contributed by atoms with van der Waals surface area (Å²) in [6.45, 7) is 8.82. The highest BCUT2D eigenvalue weighted by molar-refractivity contribution is 7.96. The minimum absolute atomic E-state index is 0.114. The Hall–Kier alpha value is -1.94. The number of hydrogen-bond donors (Lipinski definition) is 1. The molecule has 2 aromatic rings. The molecule has 4 saturated heterocycles. The fraction of sp³-hybridized carbons (Fsp3) is 0.677. The van der Waals surface area contributed by atoms with Crippen molar-refractivity contribution in [1.29, 1.82) is 0 Å². The monoisotopic (exact) mass is 572 g/mol. The van der Waals surface area contributed by atoms with Gasteiger partial charge in [0.2, 0.25) is 0 Å². The summed E-state index contributed by atoms with van der Waals surface area (Å²) in [5.41, 5.74) is 1.63. The lowest BCUT2D eigenvalue weighted by molar-refractivity contribution is -0.00228. The van der Waals surface area contributed by atoms with Crippen molar-refractivity contribution in [3.05, 3.63) is 53.2 Å². The van der Waals surface area contributed by atoms with Crippen molar-refractivity contribution < 1.29 is 18.4 Å². The number of aromatic nitrogens is 1. The van der Waals surface area contributed by atoms with Gasteiger partial charge in [-0.05, 0) is 74.3 Å². The molecule has 1 amide bonds. The van der Waals surface area contributed by atoms with E-state index in [9.17, 15) is 9.18 Å². The zero-order valence-electron chi connectivity index (χ0n) is 24.2. The van der Waals surface area contributed by atoms with E-state index >= 15 is 0 Å².